The van der Waals surface area contributed by atoms with E-state index < -0.39 is 5.97 Å². The van der Waals surface area contributed by atoms with E-state index in [9.17, 15) is 9.90 Å². The van der Waals surface area contributed by atoms with Gasteiger partial charge in [0.15, 0.2) is 22.9 Å². The number of esters is 1. The summed E-state index contributed by atoms with van der Waals surface area (Å²) < 4.78 is 16.3. The number of carbonyl (C=O) groups is 1. The van der Waals surface area contributed by atoms with Crippen molar-refractivity contribution in [3.05, 3.63) is 51.9 Å². The lowest BCUT2D eigenvalue weighted by atomic mass is 10.1. The fourth-order valence-corrected chi connectivity index (χ4v) is 3.06. The van der Waals surface area contributed by atoms with Gasteiger partial charge in [0.25, 0.3) is 0 Å². The van der Waals surface area contributed by atoms with Crippen LogP contribution in [0.4, 0.5) is 0 Å². The molecule has 1 heterocycles. The van der Waals surface area contributed by atoms with Crippen molar-refractivity contribution in [1.82, 2.24) is 4.98 Å². The van der Waals surface area contributed by atoms with E-state index >= 15 is 0 Å². The number of hydrogen-bond donors (Lipinski definition) is 1. The van der Waals surface area contributed by atoms with Crippen LogP contribution in [0.5, 0.6) is 23.0 Å². The van der Waals surface area contributed by atoms with Crippen molar-refractivity contribution in [1.29, 1.82) is 0 Å². The molecule has 0 radical (unpaired) electrons. The Morgan fingerprint density at radius 3 is 2.48 bits per heavy atom. The first-order chi connectivity index (χ1) is 12.0. The van der Waals surface area contributed by atoms with Gasteiger partial charge in [-0.2, -0.15) is 0 Å². The summed E-state index contributed by atoms with van der Waals surface area (Å²) in [6.07, 6.45) is 0. The Labute approximate surface area is 157 Å². The molecule has 1 aromatic heterocycles. The maximum atomic E-state index is 11.7. The summed E-state index contributed by atoms with van der Waals surface area (Å²) in [5, 5.41) is 11.5. The molecule has 6 nitrogen and oxygen atoms in total. The summed E-state index contributed by atoms with van der Waals surface area (Å²) in [7, 11) is 2.81. The number of carbonyl (C=O) groups excluding carboxylic acids is 1. The number of hydrogen-bond acceptors (Lipinski definition) is 6. The Bertz CT molecular complexity index is 958. The number of halogens is 1. The Kier molecular flexibility index (Phi) is 4.93. The molecule has 0 saturated carbocycles. The molecule has 0 amide bonds. The van der Waals surface area contributed by atoms with Gasteiger partial charge in [0.2, 0.25) is 0 Å². The van der Waals surface area contributed by atoms with Crippen LogP contribution in [0.1, 0.15) is 10.5 Å². The number of aromatic hydroxyl groups is 1. The van der Waals surface area contributed by atoms with Crippen molar-refractivity contribution in [2.24, 2.45) is 0 Å². The highest BCUT2D eigenvalue weighted by Gasteiger charge is 2.19. The second-order valence-electron chi connectivity index (χ2n) is 5.05. The smallest absolute Gasteiger partial charge is 0.360 e. The van der Waals surface area contributed by atoms with Crippen LogP contribution in [-0.4, -0.2) is 30.3 Å². The number of pyridine rings is 1. The first-order valence-corrected chi connectivity index (χ1v) is 8.34. The lowest BCUT2D eigenvalue weighted by molar-refractivity contribution is 0.0590. The molecule has 0 unspecified atom stereocenters. The molecule has 0 saturated heterocycles. The van der Waals surface area contributed by atoms with E-state index in [2.05, 4.69) is 9.72 Å². The van der Waals surface area contributed by atoms with Gasteiger partial charge in [0.05, 0.1) is 14.2 Å². The molecule has 0 aliphatic rings. The molecule has 3 aromatic rings. The fraction of sp³-hybridized carbons (Fsp3) is 0.111. The zero-order chi connectivity index (χ0) is 18.0. The summed E-state index contributed by atoms with van der Waals surface area (Å²) in [6.45, 7) is 0. The third kappa shape index (κ3) is 3.32. The third-order valence-electron chi connectivity index (χ3n) is 3.58. The molecule has 128 valence electrons. The molecule has 1 N–H and O–H groups in total. The summed E-state index contributed by atoms with van der Waals surface area (Å²) in [4.78, 5) is 15.9. The van der Waals surface area contributed by atoms with Gasteiger partial charge >= 0.3 is 5.97 Å². The van der Waals surface area contributed by atoms with E-state index in [1.165, 1.54) is 7.11 Å². The second kappa shape index (κ2) is 7.14. The molecule has 0 fully saturated rings. The van der Waals surface area contributed by atoms with Gasteiger partial charge in [-0.1, -0.05) is 12.1 Å². The largest absolute Gasteiger partial charge is 0.505 e. The van der Waals surface area contributed by atoms with Crippen molar-refractivity contribution in [3.8, 4) is 23.0 Å². The van der Waals surface area contributed by atoms with Crippen LogP contribution >= 0.6 is 22.6 Å². The molecule has 0 aliphatic heterocycles. The number of para-hydroxylation sites is 2. The van der Waals surface area contributed by atoms with Crippen molar-refractivity contribution < 1.29 is 24.1 Å². The van der Waals surface area contributed by atoms with Gasteiger partial charge in [-0.05, 0) is 52.9 Å². The number of benzene rings is 2. The minimum atomic E-state index is -0.688. The standard InChI is InChI=1S/C18H14INO5/c1-23-13-5-3-4-6-14(13)25-10-7-8-11-12(9-10)17(19)20-15(16(11)21)18(22)24-2/h3-9,21H,1-2H3. The third-order valence-corrected chi connectivity index (χ3v) is 4.40. The molecule has 0 aliphatic carbocycles. The molecule has 25 heavy (non-hydrogen) atoms. The van der Waals surface area contributed by atoms with E-state index in [0.29, 0.717) is 31.7 Å². The first-order valence-electron chi connectivity index (χ1n) is 7.26. The Morgan fingerprint density at radius 2 is 1.80 bits per heavy atom. The summed E-state index contributed by atoms with van der Waals surface area (Å²) >= 11 is 2.00. The Balaban J connectivity index is 2.06. The van der Waals surface area contributed by atoms with E-state index in [0.717, 1.165) is 0 Å². The lowest BCUT2D eigenvalue weighted by Gasteiger charge is -2.12. The predicted octanol–water partition coefficient (Wildman–Crippen LogP) is 4.13. The van der Waals surface area contributed by atoms with E-state index in [1.807, 2.05) is 34.7 Å². The van der Waals surface area contributed by atoms with Crippen molar-refractivity contribution in [2.45, 2.75) is 0 Å². The molecule has 0 bridgehead atoms. The van der Waals surface area contributed by atoms with Gasteiger partial charge in [0, 0.05) is 10.8 Å². The van der Waals surface area contributed by atoms with Crippen LogP contribution in [0.25, 0.3) is 10.8 Å². The van der Waals surface area contributed by atoms with Crippen LogP contribution in [0.2, 0.25) is 0 Å². The van der Waals surface area contributed by atoms with Crippen molar-refractivity contribution in [2.75, 3.05) is 14.2 Å². The molecule has 0 spiro atoms. The molecular formula is C18H14INO5. The van der Waals surface area contributed by atoms with Crippen LogP contribution in [0.3, 0.4) is 0 Å². The van der Waals surface area contributed by atoms with Gasteiger partial charge in [-0.3, -0.25) is 0 Å². The Hall–Kier alpha value is -2.55. The normalized spacial score (nSPS) is 10.5. The molecule has 2 aromatic carbocycles. The highest BCUT2D eigenvalue weighted by atomic mass is 127. The maximum Gasteiger partial charge on any atom is 0.360 e. The van der Waals surface area contributed by atoms with Gasteiger partial charge in [-0.15, -0.1) is 0 Å². The number of methoxy groups -OCH3 is 2. The average Bonchev–Trinajstić information content (AvgIpc) is 2.64. The Morgan fingerprint density at radius 1 is 1.08 bits per heavy atom. The molecular weight excluding hydrogens is 437 g/mol. The zero-order valence-corrected chi connectivity index (χ0v) is 15.6. The summed E-state index contributed by atoms with van der Waals surface area (Å²) in [6, 6.07) is 12.4. The van der Waals surface area contributed by atoms with Crippen molar-refractivity contribution in [3.63, 3.8) is 0 Å². The predicted molar refractivity (Wildman–Crippen MR) is 101 cm³/mol. The van der Waals surface area contributed by atoms with Gasteiger partial charge in [0.1, 0.15) is 9.45 Å². The van der Waals surface area contributed by atoms with E-state index in [-0.39, 0.29) is 11.4 Å². The summed E-state index contributed by atoms with van der Waals surface area (Å²) in [5.41, 5.74) is -0.113. The monoisotopic (exact) mass is 451 g/mol. The van der Waals surface area contributed by atoms with Crippen LogP contribution < -0.4 is 9.47 Å². The molecule has 0 atom stereocenters. The van der Waals surface area contributed by atoms with Gasteiger partial charge < -0.3 is 19.3 Å². The SMILES string of the molecule is COC(=O)c1nc(I)c2cc(Oc3ccccc3OC)ccc2c1O. The summed E-state index contributed by atoms with van der Waals surface area (Å²) in [5.74, 6) is 0.835. The minimum Gasteiger partial charge on any atom is -0.505 e. The number of rotatable bonds is 4. The highest BCUT2D eigenvalue weighted by molar-refractivity contribution is 14.1. The van der Waals surface area contributed by atoms with Crippen LogP contribution in [0.15, 0.2) is 42.5 Å². The van der Waals surface area contributed by atoms with E-state index in [1.54, 1.807) is 37.4 Å². The van der Waals surface area contributed by atoms with Crippen LogP contribution in [-0.2, 0) is 4.74 Å². The number of nitrogens with zero attached hydrogens (tertiary/aromatic N) is 1. The maximum absolute atomic E-state index is 11.7. The quantitative estimate of drug-likeness (QED) is 0.365. The van der Waals surface area contributed by atoms with Crippen LogP contribution in [0, 0.1) is 3.70 Å². The first kappa shape index (κ1) is 17.3. The molecule has 7 heteroatoms. The van der Waals surface area contributed by atoms with Crippen molar-refractivity contribution >= 4 is 39.3 Å². The number of aromatic nitrogens is 1. The number of fused-ring (bicyclic) bond motifs is 1. The lowest BCUT2D eigenvalue weighted by Crippen LogP contribution is -2.06. The van der Waals surface area contributed by atoms with Gasteiger partial charge in [-0.25, -0.2) is 9.78 Å². The number of ether oxygens (including phenoxy) is 3. The highest BCUT2D eigenvalue weighted by Crippen LogP contribution is 2.36. The van der Waals surface area contributed by atoms with E-state index in [4.69, 9.17) is 9.47 Å². The topological polar surface area (TPSA) is 77.9 Å². The minimum absolute atomic E-state index is 0.113. The zero-order valence-electron chi connectivity index (χ0n) is 13.4. The average molecular weight is 451 g/mol. The second-order valence-corrected chi connectivity index (χ2v) is 6.07. The fourth-order valence-electron chi connectivity index (χ4n) is 2.37. The molecule has 3 rings (SSSR count).